The summed E-state index contributed by atoms with van der Waals surface area (Å²) < 4.78 is 0. The van der Waals surface area contributed by atoms with E-state index in [1.807, 2.05) is 0 Å². The minimum atomic E-state index is 0.629. The van der Waals surface area contributed by atoms with Gasteiger partial charge in [0.2, 0.25) is 0 Å². The van der Waals surface area contributed by atoms with Gasteiger partial charge >= 0.3 is 0 Å². The van der Waals surface area contributed by atoms with Gasteiger partial charge in [0, 0.05) is 0 Å². The molecule has 1 heteroatoms. The first-order chi connectivity index (χ1) is 10.3. The summed E-state index contributed by atoms with van der Waals surface area (Å²) >= 11 is 0. The molecule has 0 aliphatic heterocycles. The second-order valence-electron chi connectivity index (χ2n) is 6.88. The SMILES string of the molecule is CCCc1ccc(CCC2(CCNCC)CCCC2)cc1. The molecule has 0 aromatic heterocycles. The van der Waals surface area contributed by atoms with Gasteiger partial charge in [-0.1, -0.05) is 57.4 Å². The molecule has 1 fully saturated rings. The van der Waals surface area contributed by atoms with E-state index in [2.05, 4.69) is 43.4 Å². The summed E-state index contributed by atoms with van der Waals surface area (Å²) in [5, 5.41) is 3.52. The molecular formula is C20H33N. The first-order valence-electron chi connectivity index (χ1n) is 9.06. The lowest BCUT2D eigenvalue weighted by atomic mass is 9.77. The third-order valence-electron chi connectivity index (χ3n) is 5.25. The summed E-state index contributed by atoms with van der Waals surface area (Å²) in [6.07, 6.45) is 12.3. The Morgan fingerprint density at radius 2 is 1.52 bits per heavy atom. The van der Waals surface area contributed by atoms with Crippen LogP contribution in [0.1, 0.15) is 69.9 Å². The average Bonchev–Trinajstić information content (AvgIpc) is 2.97. The van der Waals surface area contributed by atoms with Crippen molar-refractivity contribution in [3.05, 3.63) is 35.4 Å². The Hall–Kier alpha value is -0.820. The van der Waals surface area contributed by atoms with Gasteiger partial charge in [0.15, 0.2) is 0 Å². The van der Waals surface area contributed by atoms with Crippen LogP contribution in [0.5, 0.6) is 0 Å². The molecule has 0 saturated heterocycles. The van der Waals surface area contributed by atoms with E-state index in [-0.39, 0.29) is 0 Å². The quantitative estimate of drug-likeness (QED) is 0.621. The maximum atomic E-state index is 3.52. The highest BCUT2D eigenvalue weighted by Gasteiger charge is 2.32. The van der Waals surface area contributed by atoms with Gasteiger partial charge in [-0.05, 0) is 68.2 Å². The van der Waals surface area contributed by atoms with Crippen LogP contribution in [0.15, 0.2) is 24.3 Å². The standard InChI is InChI=1S/C20H33N/c1-3-7-18-8-10-19(11-9-18)12-15-20(13-5-6-14-20)16-17-21-4-2/h8-11,21H,3-7,12-17H2,1-2H3. The number of hydrogen-bond acceptors (Lipinski definition) is 1. The van der Waals surface area contributed by atoms with E-state index >= 15 is 0 Å². The lowest BCUT2D eigenvalue weighted by Gasteiger charge is -2.29. The summed E-state index contributed by atoms with van der Waals surface area (Å²) in [5.74, 6) is 0. The van der Waals surface area contributed by atoms with E-state index in [1.165, 1.54) is 75.5 Å². The monoisotopic (exact) mass is 287 g/mol. The highest BCUT2D eigenvalue weighted by Crippen LogP contribution is 2.44. The normalized spacial score (nSPS) is 17.2. The molecule has 1 aliphatic carbocycles. The van der Waals surface area contributed by atoms with Crippen molar-refractivity contribution >= 4 is 0 Å². The Bertz CT molecular complexity index is 387. The van der Waals surface area contributed by atoms with Crippen LogP contribution >= 0.6 is 0 Å². The largest absolute Gasteiger partial charge is 0.317 e. The second-order valence-corrected chi connectivity index (χ2v) is 6.88. The Morgan fingerprint density at radius 3 is 2.10 bits per heavy atom. The number of nitrogens with one attached hydrogen (secondary N) is 1. The van der Waals surface area contributed by atoms with Gasteiger partial charge in [0.05, 0.1) is 0 Å². The van der Waals surface area contributed by atoms with E-state index in [0.717, 1.165) is 6.54 Å². The molecule has 118 valence electrons. The number of rotatable bonds is 9. The maximum Gasteiger partial charge on any atom is -0.00437 e. The van der Waals surface area contributed by atoms with Crippen molar-refractivity contribution < 1.29 is 0 Å². The van der Waals surface area contributed by atoms with Crippen LogP contribution in [-0.2, 0) is 12.8 Å². The van der Waals surface area contributed by atoms with Gasteiger partial charge in [0.25, 0.3) is 0 Å². The zero-order valence-corrected chi connectivity index (χ0v) is 14.1. The Labute approximate surface area is 131 Å². The highest BCUT2D eigenvalue weighted by atomic mass is 14.8. The number of hydrogen-bond donors (Lipinski definition) is 1. The van der Waals surface area contributed by atoms with Crippen molar-refractivity contribution in [1.29, 1.82) is 0 Å². The highest BCUT2D eigenvalue weighted by molar-refractivity contribution is 5.23. The fourth-order valence-electron chi connectivity index (χ4n) is 3.85. The van der Waals surface area contributed by atoms with Crippen molar-refractivity contribution in [1.82, 2.24) is 5.32 Å². The summed E-state index contributed by atoms with van der Waals surface area (Å²) in [7, 11) is 0. The van der Waals surface area contributed by atoms with Crippen LogP contribution in [0, 0.1) is 5.41 Å². The topological polar surface area (TPSA) is 12.0 Å². The first-order valence-corrected chi connectivity index (χ1v) is 9.06. The van der Waals surface area contributed by atoms with Crippen LogP contribution in [0.2, 0.25) is 0 Å². The smallest absolute Gasteiger partial charge is 0.00437 e. The summed E-state index contributed by atoms with van der Waals surface area (Å²) in [6.45, 7) is 6.77. The number of aryl methyl sites for hydroxylation is 2. The van der Waals surface area contributed by atoms with Crippen LogP contribution in [0.25, 0.3) is 0 Å². The third-order valence-corrected chi connectivity index (χ3v) is 5.25. The Morgan fingerprint density at radius 1 is 0.905 bits per heavy atom. The van der Waals surface area contributed by atoms with Crippen molar-refractivity contribution in [3.63, 3.8) is 0 Å². The molecule has 21 heavy (non-hydrogen) atoms. The summed E-state index contributed by atoms with van der Waals surface area (Å²) in [6, 6.07) is 9.38. The van der Waals surface area contributed by atoms with E-state index in [1.54, 1.807) is 0 Å². The average molecular weight is 287 g/mol. The molecule has 0 heterocycles. The molecule has 0 spiro atoms. The summed E-state index contributed by atoms with van der Waals surface area (Å²) in [4.78, 5) is 0. The lowest BCUT2D eigenvalue weighted by molar-refractivity contribution is 0.246. The van der Waals surface area contributed by atoms with E-state index < -0.39 is 0 Å². The predicted molar refractivity (Wildman–Crippen MR) is 92.8 cm³/mol. The Kier molecular flexibility index (Phi) is 6.76. The van der Waals surface area contributed by atoms with E-state index in [4.69, 9.17) is 0 Å². The van der Waals surface area contributed by atoms with E-state index in [0.29, 0.717) is 5.41 Å². The molecule has 2 rings (SSSR count). The fourth-order valence-corrected chi connectivity index (χ4v) is 3.85. The molecule has 1 nitrogen and oxygen atoms in total. The third kappa shape index (κ3) is 5.14. The first kappa shape index (κ1) is 16.5. The van der Waals surface area contributed by atoms with Gasteiger partial charge < -0.3 is 5.32 Å². The molecular weight excluding hydrogens is 254 g/mol. The minimum Gasteiger partial charge on any atom is -0.317 e. The van der Waals surface area contributed by atoms with Gasteiger partial charge in [-0.15, -0.1) is 0 Å². The molecule has 1 saturated carbocycles. The number of benzene rings is 1. The molecule has 0 unspecified atom stereocenters. The molecule has 1 aromatic carbocycles. The van der Waals surface area contributed by atoms with Gasteiger partial charge in [-0.2, -0.15) is 0 Å². The van der Waals surface area contributed by atoms with Gasteiger partial charge in [0.1, 0.15) is 0 Å². The summed E-state index contributed by atoms with van der Waals surface area (Å²) in [5.41, 5.74) is 3.65. The zero-order valence-electron chi connectivity index (χ0n) is 14.1. The fraction of sp³-hybridized carbons (Fsp3) is 0.700. The minimum absolute atomic E-state index is 0.629. The molecule has 0 radical (unpaired) electrons. The van der Waals surface area contributed by atoms with E-state index in [9.17, 15) is 0 Å². The molecule has 1 aliphatic rings. The van der Waals surface area contributed by atoms with Crippen molar-refractivity contribution in [2.75, 3.05) is 13.1 Å². The van der Waals surface area contributed by atoms with Crippen LogP contribution in [0.4, 0.5) is 0 Å². The van der Waals surface area contributed by atoms with Crippen molar-refractivity contribution in [2.24, 2.45) is 5.41 Å². The molecule has 1 aromatic rings. The lowest BCUT2D eigenvalue weighted by Crippen LogP contribution is -2.25. The Balaban J connectivity index is 1.86. The molecule has 0 atom stereocenters. The molecule has 0 amide bonds. The van der Waals surface area contributed by atoms with Crippen LogP contribution in [-0.4, -0.2) is 13.1 Å². The van der Waals surface area contributed by atoms with Crippen molar-refractivity contribution in [3.8, 4) is 0 Å². The van der Waals surface area contributed by atoms with Crippen LogP contribution in [0.3, 0.4) is 0 Å². The molecule has 0 bridgehead atoms. The van der Waals surface area contributed by atoms with Gasteiger partial charge in [-0.3, -0.25) is 0 Å². The predicted octanol–water partition coefficient (Wildman–Crippen LogP) is 5.13. The van der Waals surface area contributed by atoms with Crippen molar-refractivity contribution in [2.45, 2.75) is 71.6 Å². The molecule has 1 N–H and O–H groups in total. The second kappa shape index (κ2) is 8.58. The maximum absolute atomic E-state index is 3.52. The van der Waals surface area contributed by atoms with Gasteiger partial charge in [-0.25, -0.2) is 0 Å². The van der Waals surface area contributed by atoms with Crippen LogP contribution < -0.4 is 5.32 Å². The zero-order chi connectivity index (χ0) is 15.0.